The van der Waals surface area contributed by atoms with Crippen molar-refractivity contribution in [3.05, 3.63) is 33.2 Å². The van der Waals surface area contributed by atoms with Crippen LogP contribution in [-0.2, 0) is 11.3 Å². The number of thiophene rings is 2. The number of amides is 1. The highest BCUT2D eigenvalue weighted by Gasteiger charge is 2.22. The number of aromatic nitrogens is 2. The number of hydrogen-bond acceptors (Lipinski definition) is 6. The molecule has 0 saturated carbocycles. The zero-order chi connectivity index (χ0) is 19.7. The van der Waals surface area contributed by atoms with Crippen LogP contribution in [0, 0.1) is 5.92 Å². The number of likely N-dealkylation sites (tertiary alicyclic amines) is 1. The minimum atomic E-state index is -0.0149. The van der Waals surface area contributed by atoms with Gasteiger partial charge in [0, 0.05) is 35.5 Å². The van der Waals surface area contributed by atoms with Gasteiger partial charge in [-0.05, 0) is 37.1 Å². The molecule has 0 spiro atoms. The van der Waals surface area contributed by atoms with E-state index in [1.165, 1.54) is 23.1 Å². The van der Waals surface area contributed by atoms with Gasteiger partial charge in [0.1, 0.15) is 4.83 Å². The number of carbonyl (C=O) groups excluding carboxylic acids is 1. The van der Waals surface area contributed by atoms with Crippen molar-refractivity contribution in [1.82, 2.24) is 14.5 Å². The Morgan fingerprint density at radius 3 is 2.79 bits per heavy atom. The number of thioether (sulfide) groups is 1. The van der Waals surface area contributed by atoms with Crippen LogP contribution >= 0.6 is 34.4 Å². The zero-order valence-electron chi connectivity index (χ0n) is 16.0. The molecule has 148 valence electrons. The second-order valence-electron chi connectivity index (χ2n) is 7.10. The van der Waals surface area contributed by atoms with Crippen molar-refractivity contribution < 1.29 is 4.79 Å². The average Bonchev–Trinajstić information content (AvgIpc) is 3.36. The third-order valence-corrected chi connectivity index (χ3v) is 7.96. The summed E-state index contributed by atoms with van der Waals surface area (Å²) in [6.07, 6.45) is 2.14. The van der Waals surface area contributed by atoms with Crippen LogP contribution in [-0.4, -0.2) is 39.2 Å². The number of hydrogen-bond donors (Lipinski definition) is 0. The van der Waals surface area contributed by atoms with Gasteiger partial charge < -0.3 is 4.90 Å². The second-order valence-corrected chi connectivity index (χ2v) is 9.85. The van der Waals surface area contributed by atoms with E-state index >= 15 is 0 Å². The largest absolute Gasteiger partial charge is 0.342 e. The average molecular weight is 434 g/mol. The molecule has 3 aromatic heterocycles. The van der Waals surface area contributed by atoms with E-state index in [-0.39, 0.29) is 11.5 Å². The number of fused-ring (bicyclic) bond motifs is 1. The Morgan fingerprint density at radius 1 is 1.32 bits per heavy atom. The first kappa shape index (κ1) is 19.7. The summed E-state index contributed by atoms with van der Waals surface area (Å²) in [7, 11) is 0. The standard InChI is InChI=1S/C20H23N3O2S3/c1-3-23-19(25)17-14(15-5-4-10-26-15)11-27-18(17)21-20(23)28-12-16(24)22-8-6-13(2)7-9-22/h4-5,10-11,13H,3,6-9,12H2,1-2H3. The van der Waals surface area contributed by atoms with Crippen molar-refractivity contribution in [2.24, 2.45) is 5.92 Å². The summed E-state index contributed by atoms with van der Waals surface area (Å²) >= 11 is 4.50. The van der Waals surface area contributed by atoms with Crippen molar-refractivity contribution >= 4 is 50.6 Å². The molecule has 28 heavy (non-hydrogen) atoms. The first-order valence-corrected chi connectivity index (χ1v) is 12.3. The lowest BCUT2D eigenvalue weighted by Crippen LogP contribution is -2.39. The maximum Gasteiger partial charge on any atom is 0.263 e. The molecule has 0 radical (unpaired) electrons. The van der Waals surface area contributed by atoms with Gasteiger partial charge in [-0.2, -0.15) is 0 Å². The molecule has 4 rings (SSSR count). The Bertz CT molecular complexity index is 1030. The van der Waals surface area contributed by atoms with Gasteiger partial charge >= 0.3 is 0 Å². The highest BCUT2D eigenvalue weighted by molar-refractivity contribution is 7.99. The summed E-state index contributed by atoms with van der Waals surface area (Å²) in [5, 5.41) is 5.36. The normalized spacial score (nSPS) is 15.4. The molecule has 0 aromatic carbocycles. The molecule has 0 aliphatic carbocycles. The SMILES string of the molecule is CCn1c(SCC(=O)N2CCC(C)CC2)nc2scc(-c3cccs3)c2c1=O. The molecular formula is C20H23N3O2S3. The van der Waals surface area contributed by atoms with E-state index in [0.717, 1.165) is 41.2 Å². The Balaban J connectivity index is 1.59. The van der Waals surface area contributed by atoms with Crippen LogP contribution in [0.3, 0.4) is 0 Å². The summed E-state index contributed by atoms with van der Waals surface area (Å²) in [5.41, 5.74) is 0.948. The van der Waals surface area contributed by atoms with Crippen LogP contribution in [0.2, 0.25) is 0 Å². The topological polar surface area (TPSA) is 55.2 Å². The molecule has 8 heteroatoms. The first-order chi connectivity index (χ1) is 13.6. The molecule has 1 aliphatic heterocycles. The van der Waals surface area contributed by atoms with Crippen LogP contribution in [0.4, 0.5) is 0 Å². The van der Waals surface area contributed by atoms with Gasteiger partial charge in [-0.1, -0.05) is 24.8 Å². The number of rotatable bonds is 5. The van der Waals surface area contributed by atoms with E-state index in [9.17, 15) is 9.59 Å². The van der Waals surface area contributed by atoms with Gasteiger partial charge in [-0.3, -0.25) is 14.2 Å². The predicted octanol–water partition coefficient (Wildman–Crippen LogP) is 4.56. The van der Waals surface area contributed by atoms with Gasteiger partial charge in [0.2, 0.25) is 5.91 Å². The quantitative estimate of drug-likeness (QED) is 0.437. The number of piperidine rings is 1. The molecule has 4 heterocycles. The van der Waals surface area contributed by atoms with Crippen molar-refractivity contribution in [1.29, 1.82) is 0 Å². The fourth-order valence-electron chi connectivity index (χ4n) is 3.48. The molecule has 0 atom stereocenters. The lowest BCUT2D eigenvalue weighted by molar-refractivity contribution is -0.129. The highest BCUT2D eigenvalue weighted by atomic mass is 32.2. The van der Waals surface area contributed by atoms with E-state index < -0.39 is 0 Å². The van der Waals surface area contributed by atoms with E-state index in [0.29, 0.717) is 28.8 Å². The van der Waals surface area contributed by atoms with E-state index in [1.807, 2.05) is 34.7 Å². The molecule has 1 amide bonds. The first-order valence-electron chi connectivity index (χ1n) is 9.55. The predicted molar refractivity (Wildman–Crippen MR) is 119 cm³/mol. The lowest BCUT2D eigenvalue weighted by atomic mass is 9.99. The summed E-state index contributed by atoms with van der Waals surface area (Å²) in [6, 6.07) is 4.02. The zero-order valence-corrected chi connectivity index (χ0v) is 18.5. The molecule has 1 aliphatic rings. The van der Waals surface area contributed by atoms with Crippen molar-refractivity contribution in [2.75, 3.05) is 18.8 Å². The van der Waals surface area contributed by atoms with Gasteiger partial charge in [-0.15, -0.1) is 22.7 Å². The highest BCUT2D eigenvalue weighted by Crippen LogP contribution is 2.34. The van der Waals surface area contributed by atoms with Crippen LogP contribution < -0.4 is 5.56 Å². The van der Waals surface area contributed by atoms with Crippen molar-refractivity contribution in [3.8, 4) is 10.4 Å². The molecule has 5 nitrogen and oxygen atoms in total. The lowest BCUT2D eigenvalue weighted by Gasteiger charge is -2.30. The summed E-state index contributed by atoms with van der Waals surface area (Å²) in [4.78, 5) is 34.3. The van der Waals surface area contributed by atoms with Gasteiger partial charge in [0.25, 0.3) is 5.56 Å². The van der Waals surface area contributed by atoms with Crippen LogP contribution in [0.15, 0.2) is 32.8 Å². The molecule has 1 fully saturated rings. The Labute approximate surface area is 176 Å². The van der Waals surface area contributed by atoms with Gasteiger partial charge in [0.05, 0.1) is 11.1 Å². The molecule has 3 aromatic rings. The number of nitrogens with zero attached hydrogens (tertiary/aromatic N) is 3. The van der Waals surface area contributed by atoms with Crippen LogP contribution in [0.5, 0.6) is 0 Å². The molecule has 0 unspecified atom stereocenters. The van der Waals surface area contributed by atoms with E-state index in [1.54, 1.807) is 15.9 Å². The summed E-state index contributed by atoms with van der Waals surface area (Å²) in [6.45, 7) is 6.40. The third kappa shape index (κ3) is 3.77. The smallest absolute Gasteiger partial charge is 0.263 e. The second kappa shape index (κ2) is 8.39. The fourth-order valence-corrected chi connectivity index (χ4v) is 6.25. The maximum absolute atomic E-state index is 13.2. The Hall–Kier alpha value is -1.64. The van der Waals surface area contributed by atoms with E-state index in [4.69, 9.17) is 4.98 Å². The summed E-state index contributed by atoms with van der Waals surface area (Å²) in [5.74, 6) is 1.16. The van der Waals surface area contributed by atoms with Crippen molar-refractivity contribution in [3.63, 3.8) is 0 Å². The third-order valence-electron chi connectivity index (χ3n) is 5.22. The van der Waals surface area contributed by atoms with Gasteiger partial charge in [-0.25, -0.2) is 4.98 Å². The fraction of sp³-hybridized carbons (Fsp3) is 0.450. The minimum absolute atomic E-state index is 0.0149. The van der Waals surface area contributed by atoms with Crippen LogP contribution in [0.1, 0.15) is 26.7 Å². The maximum atomic E-state index is 13.2. The summed E-state index contributed by atoms with van der Waals surface area (Å²) < 4.78 is 1.70. The molecule has 0 N–H and O–H groups in total. The minimum Gasteiger partial charge on any atom is -0.342 e. The van der Waals surface area contributed by atoms with Gasteiger partial charge in [0.15, 0.2) is 5.16 Å². The monoisotopic (exact) mass is 433 g/mol. The molecule has 1 saturated heterocycles. The Kier molecular flexibility index (Phi) is 5.89. The molecular weight excluding hydrogens is 410 g/mol. The van der Waals surface area contributed by atoms with Crippen LogP contribution in [0.25, 0.3) is 20.7 Å². The molecule has 0 bridgehead atoms. The van der Waals surface area contributed by atoms with Crippen molar-refractivity contribution in [2.45, 2.75) is 38.4 Å². The van der Waals surface area contributed by atoms with E-state index in [2.05, 4.69) is 6.92 Å². The number of carbonyl (C=O) groups is 1. The Morgan fingerprint density at radius 2 is 2.11 bits per heavy atom.